The van der Waals surface area contributed by atoms with Crippen LogP contribution in [0.2, 0.25) is 0 Å². The Balaban J connectivity index is 2.59. The minimum absolute atomic E-state index is 0.383. The molecule has 1 N–H and O–H groups in total. The lowest BCUT2D eigenvalue weighted by Gasteiger charge is -2.11. The van der Waals surface area contributed by atoms with Gasteiger partial charge in [0.2, 0.25) is 0 Å². The van der Waals surface area contributed by atoms with Gasteiger partial charge in [0.25, 0.3) is 15.6 Å². The first kappa shape index (κ1) is 15.0. The number of hydrogen-bond donors (Lipinski definition) is 1. The van der Waals surface area contributed by atoms with E-state index in [9.17, 15) is 18.0 Å². The highest BCUT2D eigenvalue weighted by atomic mass is 32.2. The van der Waals surface area contributed by atoms with Gasteiger partial charge in [0.15, 0.2) is 4.90 Å². The summed E-state index contributed by atoms with van der Waals surface area (Å²) in [7, 11) is -1.45. The Morgan fingerprint density at radius 1 is 1.10 bits per heavy atom. The van der Waals surface area contributed by atoms with Gasteiger partial charge in [-0.1, -0.05) is 18.2 Å². The van der Waals surface area contributed by atoms with E-state index in [1.807, 2.05) is 0 Å². The Morgan fingerprint density at radius 2 is 1.71 bits per heavy atom. The van der Waals surface area contributed by atoms with E-state index in [0.717, 1.165) is 20.9 Å². The summed E-state index contributed by atoms with van der Waals surface area (Å²) in [6.07, 6.45) is 1.02. The molecule has 0 spiro atoms. The van der Waals surface area contributed by atoms with Gasteiger partial charge in [-0.3, -0.25) is 14.1 Å². The lowest BCUT2D eigenvalue weighted by molar-refractivity contribution is 0.589. The van der Waals surface area contributed by atoms with Crippen LogP contribution in [0.5, 0.6) is 0 Å². The van der Waals surface area contributed by atoms with Crippen molar-refractivity contribution in [3.05, 3.63) is 56.9 Å². The number of aryl methyl sites for hydroxylation is 2. The molecule has 0 saturated heterocycles. The zero-order valence-electron chi connectivity index (χ0n) is 11.8. The number of anilines is 1. The molecular formula is C13H15N3O4S. The molecule has 0 bridgehead atoms. The molecule has 112 valence electrons. The molecule has 1 aromatic carbocycles. The molecule has 0 aliphatic heterocycles. The Labute approximate surface area is 121 Å². The van der Waals surface area contributed by atoms with Crippen LogP contribution in [0.4, 0.5) is 5.69 Å². The molecule has 0 aliphatic carbocycles. The third-order valence-electron chi connectivity index (χ3n) is 3.09. The molecule has 0 atom stereocenters. The van der Waals surface area contributed by atoms with Gasteiger partial charge in [0, 0.05) is 20.3 Å². The molecule has 0 radical (unpaired) electrons. The van der Waals surface area contributed by atoms with Crippen molar-refractivity contribution in [1.29, 1.82) is 0 Å². The third-order valence-corrected chi connectivity index (χ3v) is 4.44. The number of sulfonamides is 1. The van der Waals surface area contributed by atoms with Crippen LogP contribution in [0.1, 0.15) is 5.56 Å². The zero-order valence-corrected chi connectivity index (χ0v) is 12.6. The third kappa shape index (κ3) is 2.75. The quantitative estimate of drug-likeness (QED) is 0.876. The first-order chi connectivity index (χ1) is 9.74. The van der Waals surface area contributed by atoms with Crippen LogP contribution < -0.4 is 16.0 Å². The first-order valence-corrected chi connectivity index (χ1v) is 7.57. The summed E-state index contributed by atoms with van der Waals surface area (Å²) in [6, 6.07) is 6.80. The fraction of sp³-hybridized carbons (Fsp3) is 0.231. The van der Waals surface area contributed by atoms with Crippen LogP contribution in [0.3, 0.4) is 0 Å². The van der Waals surface area contributed by atoms with Crippen molar-refractivity contribution >= 4 is 15.7 Å². The Morgan fingerprint density at radius 3 is 2.33 bits per heavy atom. The number of nitrogens with zero attached hydrogens (tertiary/aromatic N) is 2. The van der Waals surface area contributed by atoms with Gasteiger partial charge in [0.1, 0.15) is 0 Å². The largest absolute Gasteiger partial charge is 0.330 e. The average Bonchev–Trinajstić information content (AvgIpc) is 2.42. The SMILES string of the molecule is Cc1ccccc1NS(=O)(=O)c1cn(C)c(=O)n(C)c1=O. The monoisotopic (exact) mass is 309 g/mol. The minimum Gasteiger partial charge on any atom is -0.302 e. The van der Waals surface area contributed by atoms with Crippen LogP contribution in [0.15, 0.2) is 44.9 Å². The van der Waals surface area contributed by atoms with Crippen LogP contribution in [-0.2, 0) is 24.1 Å². The van der Waals surface area contributed by atoms with Crippen molar-refractivity contribution in [3.8, 4) is 0 Å². The minimum atomic E-state index is -4.07. The van der Waals surface area contributed by atoms with Gasteiger partial charge in [0.05, 0.1) is 5.69 Å². The number of benzene rings is 1. The highest BCUT2D eigenvalue weighted by Gasteiger charge is 2.21. The molecule has 0 fully saturated rings. The van der Waals surface area contributed by atoms with Crippen molar-refractivity contribution < 1.29 is 8.42 Å². The predicted molar refractivity (Wildman–Crippen MR) is 78.9 cm³/mol. The summed E-state index contributed by atoms with van der Waals surface area (Å²) >= 11 is 0. The number of para-hydroxylation sites is 1. The van der Waals surface area contributed by atoms with E-state index in [4.69, 9.17) is 0 Å². The van der Waals surface area contributed by atoms with E-state index in [-0.39, 0.29) is 0 Å². The van der Waals surface area contributed by atoms with E-state index in [1.165, 1.54) is 14.1 Å². The summed E-state index contributed by atoms with van der Waals surface area (Å²) in [5.41, 5.74) is -0.342. The highest BCUT2D eigenvalue weighted by molar-refractivity contribution is 7.92. The van der Waals surface area contributed by atoms with Gasteiger partial charge in [-0.25, -0.2) is 13.2 Å². The van der Waals surface area contributed by atoms with Gasteiger partial charge in [-0.05, 0) is 18.6 Å². The summed E-state index contributed by atoms with van der Waals surface area (Å²) in [5.74, 6) is 0. The van der Waals surface area contributed by atoms with Gasteiger partial charge in [-0.15, -0.1) is 0 Å². The van der Waals surface area contributed by atoms with Gasteiger partial charge < -0.3 is 4.57 Å². The van der Waals surface area contributed by atoms with Crippen molar-refractivity contribution in [1.82, 2.24) is 9.13 Å². The maximum atomic E-state index is 12.4. The predicted octanol–water partition coefficient (Wildman–Crippen LogP) is 0.193. The number of rotatable bonds is 3. The van der Waals surface area contributed by atoms with Crippen LogP contribution in [0, 0.1) is 6.92 Å². The van der Waals surface area contributed by atoms with E-state index in [2.05, 4.69) is 4.72 Å². The molecule has 0 unspecified atom stereocenters. The summed E-state index contributed by atoms with van der Waals surface area (Å²) in [4.78, 5) is 23.1. The standard InChI is InChI=1S/C13H15N3O4S/c1-9-6-4-5-7-10(9)14-21(19,20)11-8-15(2)13(18)16(3)12(11)17/h4-8,14H,1-3H3. The number of aromatic nitrogens is 2. The van der Waals surface area contributed by atoms with E-state index in [1.54, 1.807) is 31.2 Å². The second kappa shape index (κ2) is 5.21. The Kier molecular flexibility index (Phi) is 3.73. The fourth-order valence-electron chi connectivity index (χ4n) is 1.85. The Bertz CT molecular complexity index is 910. The smallest absolute Gasteiger partial charge is 0.302 e. The molecule has 21 heavy (non-hydrogen) atoms. The fourth-order valence-corrected chi connectivity index (χ4v) is 3.14. The second-order valence-corrected chi connectivity index (χ2v) is 6.32. The van der Waals surface area contributed by atoms with Gasteiger partial charge in [-0.2, -0.15) is 0 Å². The lowest BCUT2D eigenvalue weighted by atomic mass is 10.2. The molecule has 1 aromatic heterocycles. The molecule has 0 aliphatic rings. The normalized spacial score (nSPS) is 11.4. The van der Waals surface area contributed by atoms with Crippen molar-refractivity contribution in [2.24, 2.45) is 14.1 Å². The van der Waals surface area contributed by atoms with Crippen molar-refractivity contribution in [3.63, 3.8) is 0 Å². The summed E-state index contributed by atoms with van der Waals surface area (Å²) in [6.45, 7) is 1.75. The maximum Gasteiger partial charge on any atom is 0.330 e. The highest BCUT2D eigenvalue weighted by Crippen LogP contribution is 2.17. The van der Waals surface area contributed by atoms with Crippen LogP contribution >= 0.6 is 0 Å². The molecule has 2 rings (SSSR count). The van der Waals surface area contributed by atoms with E-state index < -0.39 is 26.2 Å². The average molecular weight is 309 g/mol. The number of hydrogen-bond acceptors (Lipinski definition) is 4. The molecule has 8 heteroatoms. The summed E-state index contributed by atoms with van der Waals surface area (Å²) in [5, 5.41) is 0. The Hall–Kier alpha value is -2.35. The lowest BCUT2D eigenvalue weighted by Crippen LogP contribution is -2.40. The van der Waals surface area contributed by atoms with Crippen LogP contribution in [-0.4, -0.2) is 17.6 Å². The zero-order chi connectivity index (χ0) is 15.8. The molecule has 0 amide bonds. The van der Waals surface area contributed by atoms with E-state index in [0.29, 0.717) is 5.69 Å². The molecular weight excluding hydrogens is 294 g/mol. The summed E-state index contributed by atoms with van der Waals surface area (Å²) < 4.78 is 28.9. The number of nitrogens with one attached hydrogen (secondary N) is 1. The molecule has 0 saturated carbocycles. The van der Waals surface area contributed by atoms with Crippen molar-refractivity contribution in [2.45, 2.75) is 11.8 Å². The van der Waals surface area contributed by atoms with Crippen LogP contribution in [0.25, 0.3) is 0 Å². The maximum absolute atomic E-state index is 12.4. The second-order valence-electron chi connectivity index (χ2n) is 4.67. The topological polar surface area (TPSA) is 90.2 Å². The molecule has 2 aromatic rings. The molecule has 1 heterocycles. The first-order valence-electron chi connectivity index (χ1n) is 6.09. The van der Waals surface area contributed by atoms with Crippen molar-refractivity contribution in [2.75, 3.05) is 4.72 Å². The van der Waals surface area contributed by atoms with Gasteiger partial charge >= 0.3 is 5.69 Å². The molecule has 7 nitrogen and oxygen atoms in total. The van der Waals surface area contributed by atoms with E-state index >= 15 is 0 Å².